The van der Waals surface area contributed by atoms with E-state index in [4.69, 9.17) is 4.74 Å². The SMILES string of the molecule is CCOc1ccc(/C=C(\NC(=O)c2ccccc2)C(=O)Nc2ccc(SC(C(=O)Nc3ccccc3C)c3ccccc3)cc2)cc1. The van der Waals surface area contributed by atoms with Crippen molar-refractivity contribution in [3.05, 3.63) is 161 Å². The minimum Gasteiger partial charge on any atom is -0.494 e. The van der Waals surface area contributed by atoms with Crippen LogP contribution in [0.4, 0.5) is 11.4 Å². The number of carbonyl (C=O) groups is 3. The van der Waals surface area contributed by atoms with E-state index in [-0.39, 0.29) is 11.6 Å². The molecule has 8 heteroatoms. The number of thioether (sulfide) groups is 1. The summed E-state index contributed by atoms with van der Waals surface area (Å²) in [5.41, 5.74) is 4.39. The van der Waals surface area contributed by atoms with Crippen molar-refractivity contribution in [1.82, 2.24) is 5.32 Å². The Labute approximate surface area is 279 Å². The molecule has 3 N–H and O–H groups in total. The molecule has 236 valence electrons. The third kappa shape index (κ3) is 9.22. The largest absolute Gasteiger partial charge is 0.494 e. The molecule has 47 heavy (non-hydrogen) atoms. The molecule has 0 heterocycles. The molecular weight excluding hydrogens is 607 g/mol. The maximum atomic E-state index is 13.5. The maximum absolute atomic E-state index is 13.5. The van der Waals surface area contributed by atoms with E-state index in [0.717, 1.165) is 27.3 Å². The van der Waals surface area contributed by atoms with Gasteiger partial charge in [0.2, 0.25) is 5.91 Å². The molecule has 0 aromatic heterocycles. The van der Waals surface area contributed by atoms with Gasteiger partial charge in [-0.15, -0.1) is 11.8 Å². The summed E-state index contributed by atoms with van der Waals surface area (Å²) in [6.07, 6.45) is 1.62. The predicted octanol–water partition coefficient (Wildman–Crippen LogP) is 8.28. The summed E-state index contributed by atoms with van der Waals surface area (Å²) in [6, 6.07) is 40.5. The number of benzene rings is 5. The zero-order valence-corrected chi connectivity index (χ0v) is 26.9. The van der Waals surface area contributed by atoms with Gasteiger partial charge in [0.05, 0.1) is 6.61 Å². The Morgan fingerprint density at radius 3 is 2.04 bits per heavy atom. The highest BCUT2D eigenvalue weighted by molar-refractivity contribution is 8.00. The summed E-state index contributed by atoms with van der Waals surface area (Å²) in [5, 5.41) is 8.22. The number of nitrogens with one attached hydrogen (secondary N) is 3. The molecular formula is C39H35N3O4S. The lowest BCUT2D eigenvalue weighted by atomic mass is 10.1. The van der Waals surface area contributed by atoms with E-state index >= 15 is 0 Å². The number of hydrogen-bond acceptors (Lipinski definition) is 5. The first-order valence-electron chi connectivity index (χ1n) is 15.2. The lowest BCUT2D eigenvalue weighted by molar-refractivity contribution is -0.116. The van der Waals surface area contributed by atoms with Crippen LogP contribution in [-0.2, 0) is 9.59 Å². The Hall–Kier alpha value is -5.60. The molecule has 5 aromatic carbocycles. The number of para-hydroxylation sites is 1. The first kappa shape index (κ1) is 32.8. The van der Waals surface area contributed by atoms with Gasteiger partial charge in [-0.1, -0.05) is 78.9 Å². The highest BCUT2D eigenvalue weighted by atomic mass is 32.2. The average molecular weight is 642 g/mol. The van der Waals surface area contributed by atoms with Crippen LogP contribution < -0.4 is 20.7 Å². The Bertz CT molecular complexity index is 1840. The van der Waals surface area contributed by atoms with Crippen LogP contribution in [0.2, 0.25) is 0 Å². The van der Waals surface area contributed by atoms with E-state index in [2.05, 4.69) is 16.0 Å². The lowest BCUT2D eigenvalue weighted by Crippen LogP contribution is -2.30. The Balaban J connectivity index is 1.33. The topological polar surface area (TPSA) is 96.5 Å². The Morgan fingerprint density at radius 2 is 1.38 bits per heavy atom. The van der Waals surface area contributed by atoms with Crippen LogP contribution in [0.15, 0.2) is 144 Å². The normalized spacial score (nSPS) is 11.7. The highest BCUT2D eigenvalue weighted by Gasteiger charge is 2.23. The number of anilines is 2. The second-order valence-corrected chi connectivity index (χ2v) is 11.7. The van der Waals surface area contributed by atoms with Gasteiger partial charge in [-0.05, 0) is 91.2 Å². The molecule has 0 aliphatic rings. The number of carbonyl (C=O) groups excluding carboxylic acids is 3. The lowest BCUT2D eigenvalue weighted by Gasteiger charge is -2.18. The number of hydrogen-bond donors (Lipinski definition) is 3. The zero-order chi connectivity index (χ0) is 33.0. The molecule has 0 radical (unpaired) electrons. The van der Waals surface area contributed by atoms with Gasteiger partial charge in [0.15, 0.2) is 0 Å². The molecule has 5 aromatic rings. The molecule has 0 saturated heterocycles. The fraction of sp³-hybridized carbons (Fsp3) is 0.103. The van der Waals surface area contributed by atoms with Gasteiger partial charge >= 0.3 is 0 Å². The van der Waals surface area contributed by atoms with Crippen molar-refractivity contribution in [1.29, 1.82) is 0 Å². The van der Waals surface area contributed by atoms with Crippen molar-refractivity contribution in [3.63, 3.8) is 0 Å². The number of aryl methyl sites for hydroxylation is 1. The van der Waals surface area contributed by atoms with Crippen molar-refractivity contribution in [2.75, 3.05) is 17.2 Å². The Kier molecular flexibility index (Phi) is 11.2. The fourth-order valence-electron chi connectivity index (χ4n) is 4.70. The third-order valence-electron chi connectivity index (χ3n) is 7.14. The monoisotopic (exact) mass is 641 g/mol. The molecule has 1 unspecified atom stereocenters. The molecule has 7 nitrogen and oxygen atoms in total. The fourth-order valence-corrected chi connectivity index (χ4v) is 5.72. The van der Waals surface area contributed by atoms with Crippen molar-refractivity contribution in [3.8, 4) is 5.75 Å². The van der Waals surface area contributed by atoms with Gasteiger partial charge in [0.25, 0.3) is 11.8 Å². The van der Waals surface area contributed by atoms with Crippen LogP contribution in [0.3, 0.4) is 0 Å². The van der Waals surface area contributed by atoms with Crippen LogP contribution in [0.5, 0.6) is 5.75 Å². The molecule has 0 spiro atoms. The van der Waals surface area contributed by atoms with E-state index in [9.17, 15) is 14.4 Å². The van der Waals surface area contributed by atoms with Crippen LogP contribution >= 0.6 is 11.8 Å². The van der Waals surface area contributed by atoms with E-state index < -0.39 is 17.1 Å². The highest BCUT2D eigenvalue weighted by Crippen LogP contribution is 2.37. The minimum atomic E-state index is -0.506. The molecule has 0 bridgehead atoms. The number of ether oxygens (including phenoxy) is 1. The standard InChI is InChI=1S/C39H35N3O4S/c1-3-46-32-22-18-28(19-23-32)26-35(42-37(43)30-15-8-5-9-16-30)38(44)40-31-20-24-33(25-21-31)47-36(29-13-6-4-7-14-29)39(45)41-34-17-11-10-12-27(34)2/h4-26,36H,3H2,1-2H3,(H,40,44)(H,41,45)(H,42,43)/b35-26-. The van der Waals surface area contributed by atoms with Gasteiger partial charge in [0.1, 0.15) is 16.7 Å². The van der Waals surface area contributed by atoms with Crippen molar-refractivity contribution >= 4 is 46.9 Å². The van der Waals surface area contributed by atoms with E-state index in [1.807, 2.05) is 111 Å². The molecule has 0 saturated carbocycles. The van der Waals surface area contributed by atoms with Crippen LogP contribution in [0.1, 0.15) is 39.2 Å². The number of amides is 3. The summed E-state index contributed by atoms with van der Waals surface area (Å²) in [4.78, 5) is 40.9. The molecule has 0 aliphatic carbocycles. The van der Waals surface area contributed by atoms with Gasteiger partial charge < -0.3 is 20.7 Å². The third-order valence-corrected chi connectivity index (χ3v) is 8.41. The minimum absolute atomic E-state index is 0.0819. The van der Waals surface area contributed by atoms with Gasteiger partial charge in [-0.2, -0.15) is 0 Å². The van der Waals surface area contributed by atoms with Crippen molar-refractivity contribution < 1.29 is 19.1 Å². The summed E-state index contributed by atoms with van der Waals surface area (Å²) >= 11 is 1.42. The van der Waals surface area contributed by atoms with Crippen molar-refractivity contribution in [2.45, 2.75) is 24.0 Å². The van der Waals surface area contributed by atoms with Crippen LogP contribution in [0.25, 0.3) is 6.08 Å². The summed E-state index contributed by atoms with van der Waals surface area (Å²) < 4.78 is 5.52. The molecule has 3 amide bonds. The number of rotatable bonds is 12. The molecule has 0 aliphatic heterocycles. The molecule has 0 fully saturated rings. The van der Waals surface area contributed by atoms with E-state index in [0.29, 0.717) is 23.6 Å². The second-order valence-electron chi connectivity index (χ2n) is 10.6. The summed E-state index contributed by atoms with van der Waals surface area (Å²) in [7, 11) is 0. The Morgan fingerprint density at radius 1 is 0.745 bits per heavy atom. The van der Waals surface area contributed by atoms with Gasteiger partial charge in [0, 0.05) is 21.8 Å². The first-order chi connectivity index (χ1) is 22.9. The smallest absolute Gasteiger partial charge is 0.272 e. The van der Waals surface area contributed by atoms with Crippen LogP contribution in [-0.4, -0.2) is 24.3 Å². The summed E-state index contributed by atoms with van der Waals surface area (Å²) in [5.74, 6) is -0.306. The molecule has 5 rings (SSSR count). The van der Waals surface area contributed by atoms with Gasteiger partial charge in [-0.25, -0.2) is 0 Å². The molecule has 1 atom stereocenters. The first-order valence-corrected chi connectivity index (χ1v) is 16.1. The zero-order valence-electron chi connectivity index (χ0n) is 26.1. The van der Waals surface area contributed by atoms with Gasteiger partial charge in [-0.3, -0.25) is 14.4 Å². The predicted molar refractivity (Wildman–Crippen MR) is 189 cm³/mol. The quantitative estimate of drug-likeness (QED) is 0.0941. The van der Waals surface area contributed by atoms with Crippen LogP contribution in [0, 0.1) is 6.92 Å². The average Bonchev–Trinajstić information content (AvgIpc) is 3.10. The van der Waals surface area contributed by atoms with Crippen molar-refractivity contribution in [2.24, 2.45) is 0 Å². The summed E-state index contributed by atoms with van der Waals surface area (Å²) in [6.45, 7) is 4.41. The maximum Gasteiger partial charge on any atom is 0.272 e. The van der Waals surface area contributed by atoms with E-state index in [1.54, 1.807) is 42.5 Å². The second kappa shape index (κ2) is 16.1. The van der Waals surface area contributed by atoms with E-state index in [1.165, 1.54) is 11.8 Å².